The molecule has 0 saturated carbocycles. The van der Waals surface area contributed by atoms with E-state index >= 15 is 0 Å². The molecule has 0 aromatic heterocycles. The Balaban J connectivity index is 0.000001000. The van der Waals surface area contributed by atoms with Crippen molar-refractivity contribution in [1.82, 2.24) is 0 Å². The molecule has 59 valence electrons. The van der Waals surface area contributed by atoms with Crippen molar-refractivity contribution in [3.8, 4) is 0 Å². The van der Waals surface area contributed by atoms with Crippen LogP contribution in [0.3, 0.4) is 0 Å². The SMILES string of the molecule is O=S(=O)(O)c1ccccc1.[Sb]. The minimum absolute atomic E-state index is 0. The van der Waals surface area contributed by atoms with E-state index in [0.717, 1.165) is 0 Å². The monoisotopic (exact) mass is 279 g/mol. The van der Waals surface area contributed by atoms with Gasteiger partial charge in [0.05, 0.1) is 4.90 Å². The van der Waals surface area contributed by atoms with Gasteiger partial charge in [-0.1, -0.05) is 18.2 Å². The Morgan fingerprint density at radius 1 is 1.09 bits per heavy atom. The normalized spacial score (nSPS) is 10.3. The fraction of sp³-hybridized carbons (Fsp3) is 0. The largest absolute Gasteiger partial charge is 0.294 e. The average molecular weight is 280 g/mol. The van der Waals surface area contributed by atoms with Gasteiger partial charge in [-0.3, -0.25) is 4.55 Å². The Labute approximate surface area is 82.6 Å². The van der Waals surface area contributed by atoms with E-state index in [9.17, 15) is 8.42 Å². The van der Waals surface area contributed by atoms with Crippen LogP contribution in [-0.4, -0.2) is 37.4 Å². The van der Waals surface area contributed by atoms with Crippen molar-refractivity contribution < 1.29 is 13.0 Å². The Hall–Kier alpha value is -0.0518. The molecule has 0 bridgehead atoms. The van der Waals surface area contributed by atoms with Crippen molar-refractivity contribution in [3.63, 3.8) is 0 Å². The maximum Gasteiger partial charge on any atom is 0.294 e. The summed E-state index contributed by atoms with van der Waals surface area (Å²) in [4.78, 5) is -0.0741. The van der Waals surface area contributed by atoms with Gasteiger partial charge in [-0.25, -0.2) is 0 Å². The molecule has 0 aliphatic carbocycles. The molecule has 1 rings (SSSR count). The van der Waals surface area contributed by atoms with Crippen LogP contribution >= 0.6 is 0 Å². The van der Waals surface area contributed by atoms with E-state index < -0.39 is 10.1 Å². The molecule has 1 aromatic rings. The van der Waals surface area contributed by atoms with Gasteiger partial charge in [0.2, 0.25) is 0 Å². The van der Waals surface area contributed by atoms with Crippen LogP contribution in [0.15, 0.2) is 35.2 Å². The minimum atomic E-state index is -4.00. The molecule has 3 radical (unpaired) electrons. The van der Waals surface area contributed by atoms with E-state index in [1.807, 2.05) is 0 Å². The van der Waals surface area contributed by atoms with Gasteiger partial charge in [-0.05, 0) is 12.1 Å². The smallest absolute Gasteiger partial charge is 0.282 e. The third kappa shape index (κ3) is 3.23. The van der Waals surface area contributed by atoms with Crippen molar-refractivity contribution in [2.45, 2.75) is 4.90 Å². The number of benzene rings is 1. The zero-order chi connectivity index (χ0) is 7.61. The standard InChI is InChI=1S/C6H6O3S.Sb/c7-10(8,9)6-4-2-1-3-5-6;/h1-5H,(H,7,8,9);. The zero-order valence-corrected chi connectivity index (χ0v) is 8.88. The van der Waals surface area contributed by atoms with Gasteiger partial charge in [0.15, 0.2) is 0 Å². The fourth-order valence-corrected chi connectivity index (χ4v) is 1.09. The number of hydrogen-bond donors (Lipinski definition) is 1. The molecule has 0 aliphatic rings. The summed E-state index contributed by atoms with van der Waals surface area (Å²) in [6.45, 7) is 0. The van der Waals surface area contributed by atoms with Gasteiger partial charge in [0.25, 0.3) is 10.1 Å². The van der Waals surface area contributed by atoms with Gasteiger partial charge in [0, 0.05) is 24.4 Å². The van der Waals surface area contributed by atoms with E-state index in [0.29, 0.717) is 0 Å². The molecule has 11 heavy (non-hydrogen) atoms. The second kappa shape index (κ2) is 4.09. The fourth-order valence-electron chi connectivity index (χ4n) is 0.592. The third-order valence-corrected chi connectivity index (χ3v) is 1.91. The summed E-state index contributed by atoms with van der Waals surface area (Å²) in [6, 6.07) is 7.42. The van der Waals surface area contributed by atoms with Crippen LogP contribution in [0.4, 0.5) is 0 Å². The van der Waals surface area contributed by atoms with E-state index in [1.54, 1.807) is 18.2 Å². The summed E-state index contributed by atoms with van der Waals surface area (Å²) in [5.74, 6) is 0. The molecular formula is C6H6O3SSb. The average Bonchev–Trinajstić information content (AvgIpc) is 1.88. The second-order valence-electron chi connectivity index (χ2n) is 1.79. The quantitative estimate of drug-likeness (QED) is 0.604. The summed E-state index contributed by atoms with van der Waals surface area (Å²) in [5, 5.41) is 0. The van der Waals surface area contributed by atoms with Crippen molar-refractivity contribution in [1.29, 1.82) is 0 Å². The summed E-state index contributed by atoms with van der Waals surface area (Å²) >= 11 is 0. The molecule has 3 nitrogen and oxygen atoms in total. The first-order valence-corrected chi connectivity index (χ1v) is 4.07. The van der Waals surface area contributed by atoms with Gasteiger partial charge in [-0.2, -0.15) is 8.42 Å². The summed E-state index contributed by atoms with van der Waals surface area (Å²) < 4.78 is 29.2. The van der Waals surface area contributed by atoms with Crippen LogP contribution in [0.1, 0.15) is 0 Å². The van der Waals surface area contributed by atoms with Gasteiger partial charge in [-0.15, -0.1) is 0 Å². The molecule has 0 aliphatic heterocycles. The summed E-state index contributed by atoms with van der Waals surface area (Å²) in [7, 11) is -4.00. The Kier molecular flexibility index (Phi) is 4.07. The molecule has 1 aromatic carbocycles. The topological polar surface area (TPSA) is 54.4 Å². The van der Waals surface area contributed by atoms with E-state index in [1.165, 1.54) is 12.1 Å². The molecule has 0 fully saturated rings. The molecular weight excluding hydrogens is 274 g/mol. The second-order valence-corrected chi connectivity index (χ2v) is 3.21. The molecule has 0 saturated heterocycles. The van der Waals surface area contributed by atoms with Crippen molar-refractivity contribution in [2.24, 2.45) is 0 Å². The molecule has 1 N–H and O–H groups in total. The van der Waals surface area contributed by atoms with Gasteiger partial charge >= 0.3 is 0 Å². The number of rotatable bonds is 1. The molecule has 0 unspecified atom stereocenters. The van der Waals surface area contributed by atoms with Crippen LogP contribution in [0, 0.1) is 0 Å². The van der Waals surface area contributed by atoms with Gasteiger partial charge < -0.3 is 0 Å². The van der Waals surface area contributed by atoms with E-state index in [4.69, 9.17) is 4.55 Å². The van der Waals surface area contributed by atoms with Crippen LogP contribution < -0.4 is 0 Å². The first-order valence-electron chi connectivity index (χ1n) is 2.63. The summed E-state index contributed by atoms with van der Waals surface area (Å²) in [6.07, 6.45) is 0. The van der Waals surface area contributed by atoms with Crippen LogP contribution in [-0.2, 0) is 10.1 Å². The zero-order valence-electron chi connectivity index (χ0n) is 5.51. The first kappa shape index (κ1) is 10.9. The Morgan fingerprint density at radius 3 is 1.82 bits per heavy atom. The van der Waals surface area contributed by atoms with Crippen molar-refractivity contribution >= 4 is 34.5 Å². The van der Waals surface area contributed by atoms with Crippen LogP contribution in [0.25, 0.3) is 0 Å². The van der Waals surface area contributed by atoms with Crippen LogP contribution in [0.2, 0.25) is 0 Å². The maximum absolute atomic E-state index is 10.4. The molecule has 0 amide bonds. The predicted molar refractivity (Wildman–Crippen MR) is 42.0 cm³/mol. The Bertz CT molecular complexity index is 306. The summed E-state index contributed by atoms with van der Waals surface area (Å²) in [5.41, 5.74) is 0. The van der Waals surface area contributed by atoms with E-state index in [2.05, 4.69) is 0 Å². The van der Waals surface area contributed by atoms with E-state index in [-0.39, 0.29) is 29.3 Å². The van der Waals surface area contributed by atoms with Crippen LogP contribution in [0.5, 0.6) is 0 Å². The van der Waals surface area contributed by atoms with Crippen molar-refractivity contribution in [2.75, 3.05) is 0 Å². The molecule has 0 heterocycles. The van der Waals surface area contributed by atoms with Crippen molar-refractivity contribution in [3.05, 3.63) is 30.3 Å². The maximum atomic E-state index is 10.4. The molecule has 0 spiro atoms. The molecule has 5 heteroatoms. The predicted octanol–water partition coefficient (Wildman–Crippen LogP) is 0.553. The minimum Gasteiger partial charge on any atom is -0.282 e. The first-order chi connectivity index (χ1) is 4.61. The number of hydrogen-bond acceptors (Lipinski definition) is 2. The Morgan fingerprint density at radius 2 is 1.55 bits per heavy atom. The molecule has 0 atom stereocenters. The van der Waals surface area contributed by atoms with Gasteiger partial charge in [0.1, 0.15) is 0 Å². The third-order valence-electron chi connectivity index (χ3n) is 1.04.